The summed E-state index contributed by atoms with van der Waals surface area (Å²) in [5.74, 6) is 1.71. The highest BCUT2D eigenvalue weighted by Crippen LogP contribution is 2.33. The third kappa shape index (κ3) is 3.31. The highest BCUT2D eigenvalue weighted by molar-refractivity contribution is 5.55. The van der Waals surface area contributed by atoms with E-state index >= 15 is 0 Å². The van der Waals surface area contributed by atoms with Crippen molar-refractivity contribution >= 4 is 5.69 Å². The first-order chi connectivity index (χ1) is 8.83. The van der Waals surface area contributed by atoms with Crippen LogP contribution in [0.1, 0.15) is 39.5 Å². The lowest BCUT2D eigenvalue weighted by molar-refractivity contribution is 0.171. The maximum Gasteiger partial charge on any atom is 0.163 e. The Labute approximate surface area is 109 Å². The summed E-state index contributed by atoms with van der Waals surface area (Å²) in [6, 6.07) is 6.65. The summed E-state index contributed by atoms with van der Waals surface area (Å²) in [6.45, 7) is 5.75. The van der Waals surface area contributed by atoms with Crippen LogP contribution in [0.25, 0.3) is 0 Å². The van der Waals surface area contributed by atoms with Crippen LogP contribution in [-0.2, 0) is 0 Å². The number of anilines is 1. The molecule has 0 aliphatic carbocycles. The molecule has 2 rings (SSSR count). The summed E-state index contributed by atoms with van der Waals surface area (Å²) in [6.07, 6.45) is 4.89. The molecule has 1 aromatic rings. The molecule has 0 bridgehead atoms. The largest absolute Gasteiger partial charge is 0.486 e. The zero-order chi connectivity index (χ0) is 12.8. The number of ether oxygens (including phenoxy) is 2. The minimum absolute atomic E-state index is 0.549. The normalized spacial score (nSPS) is 15.2. The molecular formula is C15H23NO2. The predicted octanol–water partition coefficient (Wildman–Crippen LogP) is 3.84. The van der Waals surface area contributed by atoms with Crippen molar-refractivity contribution in [1.82, 2.24) is 0 Å². The molecule has 18 heavy (non-hydrogen) atoms. The van der Waals surface area contributed by atoms with Gasteiger partial charge in [-0.25, -0.2) is 0 Å². The van der Waals surface area contributed by atoms with Gasteiger partial charge < -0.3 is 14.8 Å². The van der Waals surface area contributed by atoms with Gasteiger partial charge in [-0.3, -0.25) is 0 Å². The first-order valence-electron chi connectivity index (χ1n) is 6.99. The lowest BCUT2D eigenvalue weighted by Crippen LogP contribution is -2.19. The SMILES string of the molecule is CCCCC(CC)Nc1ccc2c(c1)OCCO2. The molecule has 100 valence electrons. The zero-order valence-corrected chi connectivity index (χ0v) is 11.4. The Hall–Kier alpha value is -1.38. The van der Waals surface area contributed by atoms with E-state index in [4.69, 9.17) is 9.47 Å². The number of unbranched alkanes of at least 4 members (excludes halogenated alkanes) is 1. The fourth-order valence-corrected chi connectivity index (χ4v) is 2.20. The van der Waals surface area contributed by atoms with E-state index in [2.05, 4.69) is 25.2 Å². The average Bonchev–Trinajstić information content (AvgIpc) is 2.43. The second kappa shape index (κ2) is 6.53. The van der Waals surface area contributed by atoms with Crippen molar-refractivity contribution in [3.63, 3.8) is 0 Å². The summed E-state index contributed by atoms with van der Waals surface area (Å²) < 4.78 is 11.1. The maximum atomic E-state index is 5.60. The number of fused-ring (bicyclic) bond motifs is 1. The van der Waals surface area contributed by atoms with Crippen LogP contribution in [0.5, 0.6) is 11.5 Å². The van der Waals surface area contributed by atoms with Crippen molar-refractivity contribution in [3.8, 4) is 11.5 Å². The quantitative estimate of drug-likeness (QED) is 0.831. The molecule has 0 saturated heterocycles. The fraction of sp³-hybridized carbons (Fsp3) is 0.600. The molecule has 1 unspecified atom stereocenters. The number of hydrogen-bond donors (Lipinski definition) is 1. The van der Waals surface area contributed by atoms with E-state index in [1.165, 1.54) is 19.3 Å². The molecule has 0 saturated carbocycles. The molecule has 1 N–H and O–H groups in total. The van der Waals surface area contributed by atoms with Gasteiger partial charge in [0.25, 0.3) is 0 Å². The van der Waals surface area contributed by atoms with Gasteiger partial charge in [0.2, 0.25) is 0 Å². The molecule has 0 fully saturated rings. The molecule has 0 radical (unpaired) electrons. The topological polar surface area (TPSA) is 30.5 Å². The highest BCUT2D eigenvalue weighted by Gasteiger charge is 2.13. The predicted molar refractivity (Wildman–Crippen MR) is 74.7 cm³/mol. The molecule has 0 aromatic heterocycles. The summed E-state index contributed by atoms with van der Waals surface area (Å²) >= 11 is 0. The first-order valence-corrected chi connectivity index (χ1v) is 6.99. The van der Waals surface area contributed by atoms with Gasteiger partial charge >= 0.3 is 0 Å². The molecule has 1 aliphatic rings. The molecule has 3 heteroatoms. The number of hydrogen-bond acceptors (Lipinski definition) is 3. The number of benzene rings is 1. The van der Waals surface area contributed by atoms with E-state index in [0.717, 1.165) is 23.6 Å². The Balaban J connectivity index is 1.99. The van der Waals surface area contributed by atoms with Crippen molar-refractivity contribution < 1.29 is 9.47 Å². The maximum absolute atomic E-state index is 5.60. The minimum Gasteiger partial charge on any atom is -0.486 e. The Morgan fingerprint density at radius 3 is 2.67 bits per heavy atom. The molecule has 0 amide bonds. The lowest BCUT2D eigenvalue weighted by atomic mass is 10.1. The Morgan fingerprint density at radius 2 is 1.94 bits per heavy atom. The monoisotopic (exact) mass is 249 g/mol. The van der Waals surface area contributed by atoms with Crippen molar-refractivity contribution in [3.05, 3.63) is 18.2 Å². The van der Waals surface area contributed by atoms with Crippen LogP contribution in [-0.4, -0.2) is 19.3 Å². The van der Waals surface area contributed by atoms with Gasteiger partial charge in [-0.05, 0) is 25.0 Å². The van der Waals surface area contributed by atoms with Crippen LogP contribution in [0, 0.1) is 0 Å². The van der Waals surface area contributed by atoms with Gasteiger partial charge in [0.1, 0.15) is 13.2 Å². The summed E-state index contributed by atoms with van der Waals surface area (Å²) in [5, 5.41) is 3.58. The van der Waals surface area contributed by atoms with Crippen molar-refractivity contribution in [1.29, 1.82) is 0 Å². The van der Waals surface area contributed by atoms with Crippen LogP contribution in [0.3, 0.4) is 0 Å². The third-order valence-corrected chi connectivity index (χ3v) is 3.31. The van der Waals surface area contributed by atoms with Crippen LogP contribution >= 0.6 is 0 Å². The average molecular weight is 249 g/mol. The van der Waals surface area contributed by atoms with Crippen LogP contribution in [0.4, 0.5) is 5.69 Å². The molecular weight excluding hydrogens is 226 g/mol. The van der Waals surface area contributed by atoms with Crippen LogP contribution in [0.15, 0.2) is 18.2 Å². The van der Waals surface area contributed by atoms with Crippen LogP contribution in [0.2, 0.25) is 0 Å². The smallest absolute Gasteiger partial charge is 0.163 e. The van der Waals surface area contributed by atoms with Crippen molar-refractivity contribution in [2.45, 2.75) is 45.6 Å². The van der Waals surface area contributed by atoms with Crippen molar-refractivity contribution in [2.75, 3.05) is 18.5 Å². The van der Waals surface area contributed by atoms with E-state index in [1.54, 1.807) is 0 Å². The molecule has 1 heterocycles. The molecule has 3 nitrogen and oxygen atoms in total. The summed E-state index contributed by atoms with van der Waals surface area (Å²) in [4.78, 5) is 0. The van der Waals surface area contributed by atoms with E-state index < -0.39 is 0 Å². The first kappa shape index (κ1) is 13.1. The standard InChI is InChI=1S/C15H23NO2/c1-3-5-6-12(4-2)16-13-7-8-14-15(11-13)18-10-9-17-14/h7-8,11-12,16H,3-6,9-10H2,1-2H3. The molecule has 1 atom stereocenters. The molecule has 1 aromatic carbocycles. The van der Waals surface area contributed by atoms with Crippen molar-refractivity contribution in [2.24, 2.45) is 0 Å². The lowest BCUT2D eigenvalue weighted by Gasteiger charge is -2.22. The second-order valence-corrected chi connectivity index (χ2v) is 4.75. The number of rotatable bonds is 6. The van der Waals surface area contributed by atoms with Gasteiger partial charge in [0.15, 0.2) is 11.5 Å². The Morgan fingerprint density at radius 1 is 1.17 bits per heavy atom. The third-order valence-electron chi connectivity index (χ3n) is 3.31. The van der Waals surface area contributed by atoms with Gasteiger partial charge in [0.05, 0.1) is 0 Å². The van der Waals surface area contributed by atoms with E-state index in [1.807, 2.05) is 12.1 Å². The van der Waals surface area contributed by atoms with E-state index in [0.29, 0.717) is 19.3 Å². The Bertz CT molecular complexity index is 379. The van der Waals surface area contributed by atoms with Crippen LogP contribution < -0.4 is 14.8 Å². The second-order valence-electron chi connectivity index (χ2n) is 4.75. The molecule has 1 aliphatic heterocycles. The van der Waals surface area contributed by atoms with Gasteiger partial charge in [0, 0.05) is 17.8 Å². The zero-order valence-electron chi connectivity index (χ0n) is 11.4. The van der Waals surface area contributed by atoms with E-state index in [-0.39, 0.29) is 0 Å². The van der Waals surface area contributed by atoms with Gasteiger partial charge in [-0.15, -0.1) is 0 Å². The van der Waals surface area contributed by atoms with Gasteiger partial charge in [-0.2, -0.15) is 0 Å². The number of nitrogens with one attached hydrogen (secondary N) is 1. The van der Waals surface area contributed by atoms with Gasteiger partial charge in [-0.1, -0.05) is 26.7 Å². The molecule has 0 spiro atoms. The minimum atomic E-state index is 0.549. The highest BCUT2D eigenvalue weighted by atomic mass is 16.6. The summed E-state index contributed by atoms with van der Waals surface area (Å²) in [5.41, 5.74) is 1.13. The summed E-state index contributed by atoms with van der Waals surface area (Å²) in [7, 11) is 0. The Kier molecular flexibility index (Phi) is 4.73. The van der Waals surface area contributed by atoms with E-state index in [9.17, 15) is 0 Å². The fourth-order valence-electron chi connectivity index (χ4n) is 2.20.